The molecule has 9 nitrogen and oxygen atoms in total. The number of unbranched alkanes of at least 4 members (excludes halogenated alkanes) is 29. The van der Waals surface area contributed by atoms with Crippen LogP contribution in [0.5, 0.6) is 0 Å². The van der Waals surface area contributed by atoms with Gasteiger partial charge in [-0.3, -0.25) is 18.6 Å². The van der Waals surface area contributed by atoms with Gasteiger partial charge in [-0.25, -0.2) is 4.57 Å². The summed E-state index contributed by atoms with van der Waals surface area (Å²) in [4.78, 5) is 34.0. The van der Waals surface area contributed by atoms with Crippen molar-refractivity contribution >= 4 is 19.7 Å². The van der Waals surface area contributed by atoms with Gasteiger partial charge in [0, 0.05) is 19.4 Å². The Bertz CT molecular complexity index is 1010. The van der Waals surface area contributed by atoms with E-state index < -0.39 is 26.5 Å². The molecule has 0 aromatic carbocycles. The minimum atomic E-state index is -4.42. The molecular formula is C48H92NO8P. The molecule has 0 aliphatic carbocycles. The summed E-state index contributed by atoms with van der Waals surface area (Å²) in [6, 6.07) is 0. The van der Waals surface area contributed by atoms with E-state index in [-0.39, 0.29) is 32.1 Å². The van der Waals surface area contributed by atoms with Gasteiger partial charge in [-0.1, -0.05) is 205 Å². The minimum absolute atomic E-state index is 0.0817. The summed E-state index contributed by atoms with van der Waals surface area (Å²) in [6.45, 7) is 3.57. The van der Waals surface area contributed by atoms with Crippen LogP contribution >= 0.6 is 7.82 Å². The molecule has 0 fully saturated rings. The average molecular weight is 842 g/mol. The van der Waals surface area contributed by atoms with Crippen LogP contribution < -0.4 is 5.32 Å². The molecule has 342 valence electrons. The van der Waals surface area contributed by atoms with Crippen LogP contribution in [-0.2, 0) is 27.9 Å². The number of ether oxygens (including phenoxy) is 1. The molecule has 58 heavy (non-hydrogen) atoms. The third-order valence-electron chi connectivity index (χ3n) is 10.6. The van der Waals surface area contributed by atoms with Gasteiger partial charge in [0.2, 0.25) is 5.91 Å². The molecule has 0 radical (unpaired) electrons. The van der Waals surface area contributed by atoms with Crippen molar-refractivity contribution in [1.29, 1.82) is 0 Å². The zero-order chi connectivity index (χ0) is 42.5. The molecule has 0 aromatic heterocycles. The van der Waals surface area contributed by atoms with Crippen molar-refractivity contribution in [3.63, 3.8) is 0 Å². The van der Waals surface area contributed by atoms with Gasteiger partial charge in [-0.15, -0.1) is 0 Å². The molecule has 2 unspecified atom stereocenters. The number of hydrogen-bond donors (Lipinski definition) is 3. The van der Waals surface area contributed by atoms with E-state index in [1.807, 2.05) is 0 Å². The van der Waals surface area contributed by atoms with Crippen LogP contribution in [-0.4, -0.2) is 54.3 Å². The number of aliphatic hydroxyl groups is 1. The van der Waals surface area contributed by atoms with Crippen molar-refractivity contribution in [2.45, 2.75) is 245 Å². The van der Waals surface area contributed by atoms with E-state index in [1.54, 1.807) is 0 Å². The third-order valence-corrected chi connectivity index (χ3v) is 11.6. The van der Waals surface area contributed by atoms with Gasteiger partial charge in [-0.2, -0.15) is 0 Å². The highest BCUT2D eigenvalue weighted by Gasteiger charge is 2.23. The number of phosphoric acid groups is 1. The van der Waals surface area contributed by atoms with E-state index in [4.69, 9.17) is 13.8 Å². The van der Waals surface area contributed by atoms with Gasteiger partial charge in [-0.05, 0) is 44.9 Å². The van der Waals surface area contributed by atoms with Crippen LogP contribution in [0.25, 0.3) is 0 Å². The van der Waals surface area contributed by atoms with Crippen LogP contribution in [0, 0.1) is 0 Å². The molecule has 0 heterocycles. The minimum Gasteiger partial charge on any atom is -0.463 e. The summed E-state index contributed by atoms with van der Waals surface area (Å²) in [6.07, 6.45) is 49.6. The molecular weight excluding hydrogens is 750 g/mol. The summed E-state index contributed by atoms with van der Waals surface area (Å²) in [5.74, 6) is -0.511. The van der Waals surface area contributed by atoms with Gasteiger partial charge in [0.1, 0.15) is 12.7 Å². The number of aliphatic hydroxyl groups excluding tert-OH is 1. The predicted octanol–water partition coefficient (Wildman–Crippen LogP) is 13.9. The van der Waals surface area contributed by atoms with Gasteiger partial charge in [0.05, 0.1) is 13.2 Å². The highest BCUT2D eigenvalue weighted by molar-refractivity contribution is 7.47. The second-order valence-corrected chi connectivity index (χ2v) is 17.9. The number of carbonyl (C=O) groups is 2. The molecule has 0 saturated carbocycles. The maximum absolute atomic E-state index is 12.1. The van der Waals surface area contributed by atoms with E-state index in [1.165, 1.54) is 167 Å². The quantitative estimate of drug-likeness (QED) is 0.0239. The van der Waals surface area contributed by atoms with Crippen LogP contribution in [0.3, 0.4) is 0 Å². The summed E-state index contributed by atoms with van der Waals surface area (Å²) >= 11 is 0. The largest absolute Gasteiger partial charge is 0.472 e. The number of carbonyl (C=O) groups excluding carboxylic acids is 2. The zero-order valence-electron chi connectivity index (χ0n) is 37.8. The number of rotatable bonds is 46. The maximum atomic E-state index is 12.1. The Kier molecular flexibility index (Phi) is 43.9. The van der Waals surface area contributed by atoms with E-state index in [2.05, 4.69) is 43.5 Å². The molecule has 3 N–H and O–H groups in total. The number of phosphoric ester groups is 1. The Morgan fingerprint density at radius 1 is 0.534 bits per heavy atom. The van der Waals surface area contributed by atoms with Crippen molar-refractivity contribution in [1.82, 2.24) is 5.32 Å². The normalized spacial score (nSPS) is 13.4. The standard InChI is InChI=1S/C48H92NO8P/c1-3-5-7-9-11-13-15-17-19-21-23-24-26-28-30-32-34-36-38-40-47(51)49-42-43-56-58(53,54)57-45-46(50)44-55-48(52)41-39-37-35-33-31-29-27-25-22-20-18-16-14-12-10-8-6-4-2/h11,13,17,19,46,50H,3-10,12,14-16,18,20-45H2,1-2H3,(H,49,51)(H,53,54)/b13-11-,19-17-. The van der Waals surface area contributed by atoms with E-state index in [0.717, 1.165) is 44.9 Å². The maximum Gasteiger partial charge on any atom is 0.472 e. The summed E-state index contributed by atoms with van der Waals surface area (Å²) in [5.41, 5.74) is 0. The predicted molar refractivity (Wildman–Crippen MR) is 243 cm³/mol. The Morgan fingerprint density at radius 3 is 1.41 bits per heavy atom. The Morgan fingerprint density at radius 2 is 0.931 bits per heavy atom. The van der Waals surface area contributed by atoms with E-state index in [9.17, 15) is 24.2 Å². The van der Waals surface area contributed by atoms with Crippen LogP contribution in [0.2, 0.25) is 0 Å². The van der Waals surface area contributed by atoms with Gasteiger partial charge in [0.25, 0.3) is 0 Å². The Hall–Kier alpha value is -1.51. The average Bonchev–Trinajstić information content (AvgIpc) is 3.21. The second-order valence-electron chi connectivity index (χ2n) is 16.4. The van der Waals surface area contributed by atoms with E-state index in [0.29, 0.717) is 6.42 Å². The molecule has 2 atom stereocenters. The summed E-state index contributed by atoms with van der Waals surface area (Å²) < 4.78 is 27.0. The Balaban J connectivity index is 3.55. The summed E-state index contributed by atoms with van der Waals surface area (Å²) in [5, 5.41) is 12.7. The molecule has 1 amide bonds. The number of esters is 1. The fraction of sp³-hybridized carbons (Fsp3) is 0.875. The molecule has 0 aliphatic heterocycles. The van der Waals surface area contributed by atoms with E-state index >= 15 is 0 Å². The second kappa shape index (κ2) is 45.0. The van der Waals surface area contributed by atoms with Crippen molar-refractivity contribution < 1.29 is 37.9 Å². The molecule has 0 spiro atoms. The number of amides is 1. The first kappa shape index (κ1) is 56.5. The third kappa shape index (κ3) is 45.6. The van der Waals surface area contributed by atoms with Crippen molar-refractivity contribution in [3.05, 3.63) is 24.3 Å². The molecule has 0 bridgehead atoms. The highest BCUT2D eigenvalue weighted by atomic mass is 31.2. The zero-order valence-corrected chi connectivity index (χ0v) is 38.6. The number of nitrogens with one attached hydrogen (secondary N) is 1. The SMILES string of the molecule is CCCCC/C=C\C/C=C\CCCCCCCCCCCC(=O)NCCOP(=O)(O)OCC(O)COC(=O)CCCCCCCCCCCCCCCCCCCC. The van der Waals surface area contributed by atoms with Crippen LogP contribution in [0.15, 0.2) is 24.3 Å². The first-order valence-corrected chi connectivity index (χ1v) is 25.8. The van der Waals surface area contributed by atoms with Crippen molar-refractivity contribution in [2.75, 3.05) is 26.4 Å². The fourth-order valence-electron chi connectivity index (χ4n) is 6.94. The van der Waals surface area contributed by atoms with Crippen molar-refractivity contribution in [2.24, 2.45) is 0 Å². The number of allylic oxidation sites excluding steroid dienone is 4. The molecule has 0 aromatic rings. The van der Waals surface area contributed by atoms with Crippen LogP contribution in [0.1, 0.15) is 239 Å². The number of hydrogen-bond acceptors (Lipinski definition) is 7. The van der Waals surface area contributed by atoms with Gasteiger partial charge >= 0.3 is 13.8 Å². The lowest BCUT2D eigenvalue weighted by atomic mass is 10.0. The van der Waals surface area contributed by atoms with Crippen molar-refractivity contribution in [3.8, 4) is 0 Å². The monoisotopic (exact) mass is 842 g/mol. The summed E-state index contributed by atoms with van der Waals surface area (Å²) in [7, 11) is -4.42. The Labute approximate surface area is 357 Å². The molecule has 0 aliphatic rings. The first-order chi connectivity index (χ1) is 28.3. The van der Waals surface area contributed by atoms with Crippen LogP contribution in [0.4, 0.5) is 0 Å². The first-order valence-electron chi connectivity index (χ1n) is 24.3. The lowest BCUT2D eigenvalue weighted by Crippen LogP contribution is -2.27. The van der Waals surface area contributed by atoms with Gasteiger partial charge < -0.3 is 20.1 Å². The molecule has 10 heteroatoms. The molecule has 0 rings (SSSR count). The highest BCUT2D eigenvalue weighted by Crippen LogP contribution is 2.42. The lowest BCUT2D eigenvalue weighted by molar-refractivity contribution is -0.147. The fourth-order valence-corrected chi connectivity index (χ4v) is 7.70. The topological polar surface area (TPSA) is 131 Å². The smallest absolute Gasteiger partial charge is 0.463 e. The molecule has 0 saturated heterocycles. The lowest BCUT2D eigenvalue weighted by Gasteiger charge is -2.15. The van der Waals surface area contributed by atoms with Gasteiger partial charge in [0.15, 0.2) is 0 Å².